The Hall–Kier alpha value is -2.51. The largest absolute Gasteiger partial charge is 0.354 e. The van der Waals surface area contributed by atoms with Crippen molar-refractivity contribution in [3.05, 3.63) is 58.6 Å². The average molecular weight is 439 g/mol. The lowest BCUT2D eigenvalue weighted by Crippen LogP contribution is -2.41. The van der Waals surface area contributed by atoms with Gasteiger partial charge in [0.1, 0.15) is 0 Å². The van der Waals surface area contributed by atoms with Crippen LogP contribution in [0.1, 0.15) is 49.4 Å². The quantitative estimate of drug-likeness (QED) is 0.524. The van der Waals surface area contributed by atoms with Crippen LogP contribution in [0.5, 0.6) is 0 Å². The molecule has 1 fully saturated rings. The van der Waals surface area contributed by atoms with Gasteiger partial charge in [-0.15, -0.1) is 11.3 Å². The third-order valence-electron chi connectivity index (χ3n) is 5.92. The van der Waals surface area contributed by atoms with Gasteiger partial charge in [0.25, 0.3) is 0 Å². The van der Waals surface area contributed by atoms with Crippen LogP contribution in [0.4, 0.5) is 0 Å². The number of nitrogens with one attached hydrogen (secondary N) is 1. The number of benzene rings is 1. The number of likely N-dealkylation sites (tertiary alicyclic amines) is 1. The highest BCUT2D eigenvalue weighted by molar-refractivity contribution is 7.10. The van der Waals surface area contributed by atoms with Crippen LogP contribution in [0, 0.1) is 5.92 Å². The molecular formula is C24H30N4O2S. The molecule has 1 aliphatic rings. The number of piperidine rings is 1. The third-order valence-corrected chi connectivity index (χ3v) is 6.89. The minimum absolute atomic E-state index is 0.0785. The first-order valence-corrected chi connectivity index (χ1v) is 12.0. The molecule has 2 aromatic heterocycles. The van der Waals surface area contributed by atoms with Crippen LogP contribution in [0.3, 0.4) is 0 Å². The van der Waals surface area contributed by atoms with Gasteiger partial charge >= 0.3 is 0 Å². The second-order valence-corrected chi connectivity index (χ2v) is 9.26. The van der Waals surface area contributed by atoms with Crippen LogP contribution < -0.4 is 5.32 Å². The Bertz CT molecular complexity index is 934. The molecule has 0 bridgehead atoms. The van der Waals surface area contributed by atoms with Crippen molar-refractivity contribution in [2.45, 2.75) is 45.1 Å². The summed E-state index contributed by atoms with van der Waals surface area (Å²) in [5, 5.41) is 9.31. The zero-order chi connectivity index (χ0) is 21.5. The molecule has 1 aliphatic heterocycles. The molecule has 3 heterocycles. The van der Waals surface area contributed by atoms with Crippen molar-refractivity contribution in [1.82, 2.24) is 20.4 Å². The molecule has 3 aromatic rings. The van der Waals surface area contributed by atoms with Crippen molar-refractivity contribution in [3.63, 3.8) is 0 Å². The minimum Gasteiger partial charge on any atom is -0.354 e. The van der Waals surface area contributed by atoms with Crippen LogP contribution in [-0.4, -0.2) is 40.6 Å². The Morgan fingerprint density at radius 1 is 1.23 bits per heavy atom. The van der Waals surface area contributed by atoms with Gasteiger partial charge in [0.2, 0.25) is 17.6 Å². The molecule has 1 saturated heterocycles. The topological polar surface area (TPSA) is 71.3 Å². The number of thiophene rings is 1. The van der Waals surface area contributed by atoms with Gasteiger partial charge in [0.05, 0.1) is 6.04 Å². The first-order chi connectivity index (χ1) is 15.2. The summed E-state index contributed by atoms with van der Waals surface area (Å²) in [5.74, 6) is 2.04. The molecule has 1 aromatic carbocycles. The molecule has 4 rings (SSSR count). The number of aromatic nitrogens is 2. The van der Waals surface area contributed by atoms with Gasteiger partial charge in [-0.05, 0) is 49.7 Å². The van der Waals surface area contributed by atoms with Crippen LogP contribution in [0.15, 0.2) is 52.4 Å². The minimum atomic E-state index is 0.0785. The monoisotopic (exact) mass is 438 g/mol. The third kappa shape index (κ3) is 6.02. The maximum atomic E-state index is 12.5. The van der Waals surface area contributed by atoms with E-state index in [0.717, 1.165) is 24.6 Å². The Morgan fingerprint density at radius 3 is 2.77 bits per heavy atom. The lowest BCUT2D eigenvalue weighted by Gasteiger charge is -2.36. The fourth-order valence-corrected chi connectivity index (χ4v) is 4.85. The summed E-state index contributed by atoms with van der Waals surface area (Å²) in [5.41, 5.74) is 0.932. The molecule has 0 saturated carbocycles. The number of aryl methyl sites for hydroxylation is 1. The lowest BCUT2D eigenvalue weighted by molar-refractivity contribution is -0.121. The first-order valence-electron chi connectivity index (χ1n) is 11.1. The molecule has 6 nitrogen and oxygen atoms in total. The smallest absolute Gasteiger partial charge is 0.226 e. The summed E-state index contributed by atoms with van der Waals surface area (Å²) in [4.78, 5) is 20.8. The second-order valence-electron chi connectivity index (χ2n) is 8.29. The number of rotatable bonds is 9. The molecule has 1 atom stereocenters. The number of nitrogens with zero attached hydrogens (tertiary/aromatic N) is 3. The molecule has 0 radical (unpaired) electrons. The number of carbonyl (C=O) groups is 1. The highest BCUT2D eigenvalue weighted by Gasteiger charge is 2.25. The van der Waals surface area contributed by atoms with Gasteiger partial charge in [-0.1, -0.05) is 48.5 Å². The molecule has 0 aliphatic carbocycles. The van der Waals surface area contributed by atoms with E-state index in [1.807, 2.05) is 30.3 Å². The van der Waals surface area contributed by atoms with E-state index in [9.17, 15) is 4.79 Å². The summed E-state index contributed by atoms with van der Waals surface area (Å²) in [7, 11) is 0. The van der Waals surface area contributed by atoms with Gasteiger partial charge in [0.15, 0.2) is 0 Å². The van der Waals surface area contributed by atoms with Crippen molar-refractivity contribution < 1.29 is 9.32 Å². The molecule has 1 N–H and O–H groups in total. The number of hydrogen-bond donors (Lipinski definition) is 1. The zero-order valence-corrected chi connectivity index (χ0v) is 18.8. The number of hydrogen-bond acceptors (Lipinski definition) is 6. The van der Waals surface area contributed by atoms with Crippen molar-refractivity contribution in [2.24, 2.45) is 5.92 Å². The predicted octanol–water partition coefficient (Wildman–Crippen LogP) is 4.71. The average Bonchev–Trinajstić information content (AvgIpc) is 3.48. The van der Waals surface area contributed by atoms with Gasteiger partial charge in [-0.25, -0.2) is 0 Å². The summed E-state index contributed by atoms with van der Waals surface area (Å²) in [6, 6.07) is 14.3. The maximum absolute atomic E-state index is 12.5. The Morgan fingerprint density at radius 2 is 2.03 bits per heavy atom. The summed E-state index contributed by atoms with van der Waals surface area (Å²) in [6.45, 7) is 5.18. The van der Waals surface area contributed by atoms with Crippen molar-refractivity contribution in [3.8, 4) is 11.4 Å². The Kier molecular flexibility index (Phi) is 7.48. The molecule has 7 heteroatoms. The molecule has 0 spiro atoms. The standard InChI is InChI=1S/C24H30N4O2S/c1-18-12-14-28(15-13-18)20(21-9-6-16-31-21)17-25-22(29)10-5-11-23-26-24(27-30-23)19-7-3-2-4-8-19/h2-4,6-9,16,18,20H,5,10-15,17H2,1H3,(H,25,29). The van der Waals surface area contributed by atoms with E-state index in [1.54, 1.807) is 11.3 Å². The van der Waals surface area contributed by atoms with Crippen LogP contribution in [0.25, 0.3) is 11.4 Å². The van der Waals surface area contributed by atoms with Gasteiger partial charge in [-0.3, -0.25) is 9.69 Å². The summed E-state index contributed by atoms with van der Waals surface area (Å²) < 4.78 is 5.34. The molecule has 164 valence electrons. The van der Waals surface area contributed by atoms with Crippen molar-refractivity contribution in [1.29, 1.82) is 0 Å². The second kappa shape index (κ2) is 10.7. The van der Waals surface area contributed by atoms with E-state index in [-0.39, 0.29) is 11.9 Å². The Labute approximate surface area is 187 Å². The van der Waals surface area contributed by atoms with Gasteiger partial charge in [-0.2, -0.15) is 4.98 Å². The van der Waals surface area contributed by atoms with Gasteiger partial charge in [0, 0.05) is 29.8 Å². The van der Waals surface area contributed by atoms with E-state index in [2.05, 4.69) is 44.8 Å². The van der Waals surface area contributed by atoms with Crippen molar-refractivity contribution >= 4 is 17.2 Å². The zero-order valence-electron chi connectivity index (χ0n) is 18.0. The SMILES string of the molecule is CC1CCN(C(CNC(=O)CCCc2nc(-c3ccccc3)no2)c2cccs2)CC1. The molecular weight excluding hydrogens is 408 g/mol. The van der Waals surface area contributed by atoms with Crippen molar-refractivity contribution in [2.75, 3.05) is 19.6 Å². The Balaban J connectivity index is 1.24. The number of carbonyl (C=O) groups excluding carboxylic acids is 1. The van der Waals surface area contributed by atoms with Gasteiger partial charge < -0.3 is 9.84 Å². The first kappa shape index (κ1) is 21.7. The fourth-order valence-electron chi connectivity index (χ4n) is 3.99. The van der Waals surface area contributed by atoms with E-state index in [4.69, 9.17) is 4.52 Å². The van der Waals surface area contributed by atoms with Crippen LogP contribution >= 0.6 is 11.3 Å². The van der Waals surface area contributed by atoms with E-state index in [1.165, 1.54) is 17.7 Å². The predicted molar refractivity (Wildman–Crippen MR) is 123 cm³/mol. The van der Waals surface area contributed by atoms with Crippen LogP contribution in [-0.2, 0) is 11.2 Å². The maximum Gasteiger partial charge on any atom is 0.226 e. The molecule has 1 unspecified atom stereocenters. The van der Waals surface area contributed by atoms with E-state index >= 15 is 0 Å². The molecule has 1 amide bonds. The van der Waals surface area contributed by atoms with Crippen LogP contribution in [0.2, 0.25) is 0 Å². The van der Waals surface area contributed by atoms with E-state index in [0.29, 0.717) is 37.5 Å². The normalized spacial score (nSPS) is 16.3. The molecule has 31 heavy (non-hydrogen) atoms. The number of amides is 1. The summed E-state index contributed by atoms with van der Waals surface area (Å²) >= 11 is 1.77. The van der Waals surface area contributed by atoms with E-state index < -0.39 is 0 Å². The summed E-state index contributed by atoms with van der Waals surface area (Å²) in [6.07, 6.45) is 4.20. The highest BCUT2D eigenvalue weighted by Crippen LogP contribution is 2.29. The highest BCUT2D eigenvalue weighted by atomic mass is 32.1. The lowest BCUT2D eigenvalue weighted by atomic mass is 9.97. The fraction of sp³-hybridized carbons (Fsp3) is 0.458.